The summed E-state index contributed by atoms with van der Waals surface area (Å²) in [5.74, 6) is 0.162. The molecule has 120 valence electrons. The lowest BCUT2D eigenvalue weighted by molar-refractivity contribution is -0.132. The molecular weight excluding hydrogens is 300 g/mol. The lowest BCUT2D eigenvalue weighted by atomic mass is 10.1. The Balaban J connectivity index is 1.47. The van der Waals surface area contributed by atoms with Crippen molar-refractivity contribution in [2.45, 2.75) is 18.9 Å². The molecule has 1 aromatic rings. The molecule has 6 nitrogen and oxygen atoms in total. The Labute approximate surface area is 134 Å². The van der Waals surface area contributed by atoms with Gasteiger partial charge in [-0.05, 0) is 23.9 Å². The van der Waals surface area contributed by atoms with E-state index in [1.54, 1.807) is 23.3 Å². The number of carbonyl (C=O) groups is 2. The molecular formula is C15H22N4O2S. The number of piperidine rings is 1. The van der Waals surface area contributed by atoms with Crippen LogP contribution < -0.4 is 10.2 Å². The van der Waals surface area contributed by atoms with Crippen molar-refractivity contribution < 1.29 is 9.59 Å². The van der Waals surface area contributed by atoms with E-state index in [1.165, 1.54) is 5.00 Å². The topological polar surface area (TPSA) is 55.9 Å². The highest BCUT2D eigenvalue weighted by atomic mass is 32.1. The molecule has 0 unspecified atom stereocenters. The van der Waals surface area contributed by atoms with Crippen molar-refractivity contribution in [3.63, 3.8) is 0 Å². The van der Waals surface area contributed by atoms with Crippen molar-refractivity contribution in [1.29, 1.82) is 0 Å². The molecule has 0 aliphatic carbocycles. The van der Waals surface area contributed by atoms with Gasteiger partial charge in [-0.2, -0.15) is 0 Å². The van der Waals surface area contributed by atoms with Crippen LogP contribution in [0.1, 0.15) is 12.8 Å². The predicted molar refractivity (Wildman–Crippen MR) is 87.3 cm³/mol. The second-order valence-electron chi connectivity index (χ2n) is 5.88. The lowest BCUT2D eigenvalue weighted by Gasteiger charge is -2.37. The summed E-state index contributed by atoms with van der Waals surface area (Å²) >= 11 is 1.74. The fourth-order valence-electron chi connectivity index (χ4n) is 2.98. The highest BCUT2D eigenvalue weighted by Crippen LogP contribution is 2.22. The number of nitrogens with zero attached hydrogens (tertiary/aromatic N) is 3. The second kappa shape index (κ2) is 6.56. The van der Waals surface area contributed by atoms with E-state index in [0.29, 0.717) is 13.0 Å². The Bertz CT molecular complexity index is 526. The number of likely N-dealkylation sites (tertiary alicyclic amines) is 1. The number of rotatable bonds is 2. The van der Waals surface area contributed by atoms with Gasteiger partial charge in [0.15, 0.2) is 0 Å². The smallest absolute Gasteiger partial charge is 0.317 e. The second-order valence-corrected chi connectivity index (χ2v) is 6.81. The Morgan fingerprint density at radius 3 is 2.73 bits per heavy atom. The predicted octanol–water partition coefficient (Wildman–Crippen LogP) is 1.20. The Morgan fingerprint density at radius 1 is 1.32 bits per heavy atom. The van der Waals surface area contributed by atoms with E-state index in [9.17, 15) is 9.59 Å². The van der Waals surface area contributed by atoms with Gasteiger partial charge in [0.25, 0.3) is 0 Å². The van der Waals surface area contributed by atoms with Crippen LogP contribution in [0.15, 0.2) is 17.5 Å². The molecule has 0 spiro atoms. The van der Waals surface area contributed by atoms with Gasteiger partial charge < -0.3 is 20.0 Å². The first kappa shape index (κ1) is 15.1. The molecule has 7 heteroatoms. The van der Waals surface area contributed by atoms with Crippen LogP contribution >= 0.6 is 11.3 Å². The minimum atomic E-state index is -0.00132. The van der Waals surface area contributed by atoms with Gasteiger partial charge in [0, 0.05) is 52.2 Å². The summed E-state index contributed by atoms with van der Waals surface area (Å²) in [7, 11) is 1.79. The molecule has 0 bridgehead atoms. The number of piperazine rings is 1. The van der Waals surface area contributed by atoms with Gasteiger partial charge in [0.05, 0.1) is 5.00 Å². The van der Waals surface area contributed by atoms with E-state index in [0.717, 1.165) is 32.6 Å². The summed E-state index contributed by atoms with van der Waals surface area (Å²) in [4.78, 5) is 29.7. The molecule has 0 aromatic carbocycles. The number of thiophene rings is 1. The number of urea groups is 1. The third kappa shape index (κ3) is 3.35. The van der Waals surface area contributed by atoms with Gasteiger partial charge >= 0.3 is 6.03 Å². The first-order valence-corrected chi connectivity index (χ1v) is 8.59. The van der Waals surface area contributed by atoms with E-state index in [4.69, 9.17) is 0 Å². The summed E-state index contributed by atoms with van der Waals surface area (Å²) < 4.78 is 0. The number of carbonyl (C=O) groups excluding carboxylic acids is 2. The molecule has 2 aliphatic rings. The SMILES string of the molecule is CN1C[C@@H](NC(=O)N2CCN(c3cccs3)CC2)CCC1=O. The van der Waals surface area contributed by atoms with E-state index in [-0.39, 0.29) is 18.0 Å². The van der Waals surface area contributed by atoms with Gasteiger partial charge in [0.2, 0.25) is 5.91 Å². The molecule has 1 N–H and O–H groups in total. The Hall–Kier alpha value is -1.76. The number of likely N-dealkylation sites (N-methyl/N-ethyl adjacent to an activating group) is 1. The number of hydrogen-bond donors (Lipinski definition) is 1. The van der Waals surface area contributed by atoms with E-state index >= 15 is 0 Å². The molecule has 0 radical (unpaired) electrons. The third-order valence-electron chi connectivity index (χ3n) is 4.34. The van der Waals surface area contributed by atoms with E-state index in [2.05, 4.69) is 27.7 Å². The van der Waals surface area contributed by atoms with E-state index < -0.39 is 0 Å². The van der Waals surface area contributed by atoms with Gasteiger partial charge in [-0.25, -0.2) is 4.79 Å². The van der Waals surface area contributed by atoms with Crippen LogP contribution in [0.5, 0.6) is 0 Å². The normalized spacial score (nSPS) is 22.9. The molecule has 0 saturated carbocycles. The Morgan fingerprint density at radius 2 is 2.09 bits per heavy atom. The van der Waals surface area contributed by atoms with Crippen molar-refractivity contribution in [2.24, 2.45) is 0 Å². The van der Waals surface area contributed by atoms with Crippen LogP contribution in [0.2, 0.25) is 0 Å². The first-order chi connectivity index (χ1) is 10.6. The highest BCUT2D eigenvalue weighted by Gasteiger charge is 2.27. The molecule has 1 atom stereocenters. The average molecular weight is 322 g/mol. The molecule has 3 heterocycles. The molecule has 1 aromatic heterocycles. The quantitative estimate of drug-likeness (QED) is 0.890. The maximum atomic E-state index is 12.3. The van der Waals surface area contributed by atoms with Crippen LogP contribution in [-0.4, -0.2) is 67.6 Å². The molecule has 2 aliphatic heterocycles. The molecule has 2 saturated heterocycles. The summed E-state index contributed by atoms with van der Waals surface area (Å²) in [5, 5.41) is 6.42. The summed E-state index contributed by atoms with van der Waals surface area (Å²) in [6, 6.07) is 4.25. The van der Waals surface area contributed by atoms with Crippen LogP contribution in [0.25, 0.3) is 0 Å². The maximum absolute atomic E-state index is 12.3. The standard InChI is InChI=1S/C15H22N4O2S/c1-17-11-12(4-5-13(17)20)16-15(21)19-8-6-18(7-9-19)14-3-2-10-22-14/h2-3,10,12H,4-9,11H2,1H3,(H,16,21)/t12-/m0/s1. The van der Waals surface area contributed by atoms with Crippen molar-refractivity contribution >= 4 is 28.3 Å². The van der Waals surface area contributed by atoms with Crippen molar-refractivity contribution in [3.05, 3.63) is 17.5 Å². The minimum absolute atomic E-state index is 0.00132. The number of nitrogens with one attached hydrogen (secondary N) is 1. The Kier molecular flexibility index (Phi) is 4.52. The molecule has 3 amide bonds. The van der Waals surface area contributed by atoms with Crippen molar-refractivity contribution in [2.75, 3.05) is 44.7 Å². The third-order valence-corrected chi connectivity index (χ3v) is 5.27. The fraction of sp³-hybridized carbons (Fsp3) is 0.600. The number of amides is 3. The molecule has 22 heavy (non-hydrogen) atoms. The van der Waals surface area contributed by atoms with Gasteiger partial charge in [-0.3, -0.25) is 4.79 Å². The van der Waals surface area contributed by atoms with Gasteiger partial charge in [-0.1, -0.05) is 0 Å². The van der Waals surface area contributed by atoms with Crippen LogP contribution in [0.3, 0.4) is 0 Å². The average Bonchev–Trinajstić information content (AvgIpc) is 3.05. The van der Waals surface area contributed by atoms with Crippen molar-refractivity contribution in [1.82, 2.24) is 15.1 Å². The maximum Gasteiger partial charge on any atom is 0.317 e. The van der Waals surface area contributed by atoms with E-state index in [1.807, 2.05) is 4.90 Å². The summed E-state index contributed by atoms with van der Waals surface area (Å²) in [6.45, 7) is 3.84. The van der Waals surface area contributed by atoms with Crippen LogP contribution in [0, 0.1) is 0 Å². The van der Waals surface area contributed by atoms with Gasteiger partial charge in [-0.15, -0.1) is 11.3 Å². The highest BCUT2D eigenvalue weighted by molar-refractivity contribution is 7.14. The fourth-order valence-corrected chi connectivity index (χ4v) is 3.76. The zero-order chi connectivity index (χ0) is 15.5. The summed E-state index contributed by atoms with van der Waals surface area (Å²) in [6.07, 6.45) is 1.26. The number of hydrogen-bond acceptors (Lipinski definition) is 4. The monoisotopic (exact) mass is 322 g/mol. The van der Waals surface area contributed by atoms with Crippen molar-refractivity contribution in [3.8, 4) is 0 Å². The zero-order valence-electron chi connectivity index (χ0n) is 12.8. The molecule has 2 fully saturated rings. The largest absolute Gasteiger partial charge is 0.360 e. The first-order valence-electron chi connectivity index (χ1n) is 7.71. The minimum Gasteiger partial charge on any atom is -0.360 e. The van der Waals surface area contributed by atoms with Crippen LogP contribution in [0.4, 0.5) is 9.80 Å². The number of anilines is 1. The zero-order valence-corrected chi connectivity index (χ0v) is 13.6. The molecule has 3 rings (SSSR count). The summed E-state index contributed by atoms with van der Waals surface area (Å²) in [5.41, 5.74) is 0. The van der Waals surface area contributed by atoms with Crippen LogP contribution in [-0.2, 0) is 4.79 Å². The van der Waals surface area contributed by atoms with Gasteiger partial charge in [0.1, 0.15) is 0 Å². The lowest BCUT2D eigenvalue weighted by Crippen LogP contribution is -2.56.